The monoisotopic (exact) mass is 375 g/mol. The lowest BCUT2D eigenvalue weighted by Crippen LogP contribution is -2.24. The first kappa shape index (κ1) is 17.8. The summed E-state index contributed by atoms with van der Waals surface area (Å²) in [5.74, 6) is 1.44. The second kappa shape index (κ2) is 7.56. The Morgan fingerprint density at radius 2 is 2.07 bits per heavy atom. The summed E-state index contributed by atoms with van der Waals surface area (Å²) >= 11 is 0. The number of nitrogens with one attached hydrogen (secondary N) is 1. The number of nitrogens with zero attached hydrogens (tertiary/aromatic N) is 4. The smallest absolute Gasteiger partial charge is 0.253 e. The van der Waals surface area contributed by atoms with Gasteiger partial charge in [-0.1, -0.05) is 6.07 Å². The van der Waals surface area contributed by atoms with Gasteiger partial charge in [0.1, 0.15) is 5.76 Å². The molecular weight excluding hydrogens is 354 g/mol. The molecule has 1 amide bonds. The van der Waals surface area contributed by atoms with E-state index in [1.807, 2.05) is 56.4 Å². The molecule has 0 saturated carbocycles. The van der Waals surface area contributed by atoms with E-state index in [-0.39, 0.29) is 5.91 Å². The zero-order chi connectivity index (χ0) is 19.5. The van der Waals surface area contributed by atoms with Crippen molar-refractivity contribution in [1.82, 2.24) is 24.6 Å². The number of rotatable bonds is 6. The highest BCUT2D eigenvalue weighted by atomic mass is 16.3. The van der Waals surface area contributed by atoms with Gasteiger partial charge in [-0.25, -0.2) is 9.67 Å². The van der Waals surface area contributed by atoms with Crippen LogP contribution in [0, 0.1) is 13.8 Å². The molecule has 4 aromatic rings. The third-order valence-corrected chi connectivity index (χ3v) is 4.74. The molecule has 1 N–H and O–H groups in total. The molecule has 4 aromatic heterocycles. The van der Waals surface area contributed by atoms with E-state index in [4.69, 9.17) is 4.42 Å². The summed E-state index contributed by atoms with van der Waals surface area (Å²) in [6.07, 6.45) is 6.90. The largest absolute Gasteiger partial charge is 0.467 e. The average Bonchev–Trinajstić information content (AvgIpc) is 3.46. The third kappa shape index (κ3) is 3.46. The van der Waals surface area contributed by atoms with Gasteiger partial charge in [0.15, 0.2) is 5.82 Å². The summed E-state index contributed by atoms with van der Waals surface area (Å²) in [5, 5.41) is 7.23. The molecule has 0 bridgehead atoms. The van der Waals surface area contributed by atoms with E-state index >= 15 is 0 Å². The predicted molar refractivity (Wildman–Crippen MR) is 104 cm³/mol. The average molecular weight is 375 g/mol. The van der Waals surface area contributed by atoms with Crippen molar-refractivity contribution in [2.45, 2.75) is 26.9 Å². The van der Waals surface area contributed by atoms with E-state index in [2.05, 4.69) is 20.0 Å². The molecule has 0 fully saturated rings. The van der Waals surface area contributed by atoms with Gasteiger partial charge in [0, 0.05) is 42.1 Å². The van der Waals surface area contributed by atoms with Crippen LogP contribution in [0.15, 0.2) is 65.7 Å². The maximum atomic E-state index is 12.8. The van der Waals surface area contributed by atoms with Gasteiger partial charge in [0.05, 0.1) is 18.4 Å². The second-order valence-electron chi connectivity index (χ2n) is 6.57. The summed E-state index contributed by atoms with van der Waals surface area (Å²) in [4.78, 5) is 17.2. The molecule has 7 nitrogen and oxygen atoms in total. The van der Waals surface area contributed by atoms with Crippen LogP contribution in [0.3, 0.4) is 0 Å². The number of amides is 1. The van der Waals surface area contributed by atoms with Crippen LogP contribution in [0.4, 0.5) is 0 Å². The molecule has 0 radical (unpaired) electrons. The van der Waals surface area contributed by atoms with Crippen molar-refractivity contribution in [3.8, 4) is 5.82 Å². The van der Waals surface area contributed by atoms with Crippen molar-refractivity contribution >= 4 is 5.91 Å². The number of carbonyl (C=O) groups is 1. The minimum atomic E-state index is -0.117. The Morgan fingerprint density at radius 1 is 1.18 bits per heavy atom. The Labute approximate surface area is 162 Å². The first-order valence-corrected chi connectivity index (χ1v) is 9.04. The fourth-order valence-electron chi connectivity index (χ4n) is 3.27. The second-order valence-corrected chi connectivity index (χ2v) is 6.57. The summed E-state index contributed by atoms with van der Waals surface area (Å²) in [7, 11) is 0. The molecule has 0 aromatic carbocycles. The number of pyridine rings is 1. The topological polar surface area (TPSA) is 77.9 Å². The number of aryl methyl sites for hydroxylation is 1. The fourth-order valence-corrected chi connectivity index (χ4v) is 3.27. The van der Waals surface area contributed by atoms with Crippen molar-refractivity contribution in [3.05, 3.63) is 89.5 Å². The predicted octanol–water partition coefficient (Wildman–Crippen LogP) is 3.26. The van der Waals surface area contributed by atoms with E-state index in [9.17, 15) is 4.79 Å². The maximum absolute atomic E-state index is 12.8. The molecule has 7 heteroatoms. The Hall–Kier alpha value is -3.61. The number of hydrogen-bond donors (Lipinski definition) is 1. The fraction of sp³-hybridized carbons (Fsp3) is 0.190. The van der Waals surface area contributed by atoms with Crippen LogP contribution < -0.4 is 5.32 Å². The highest BCUT2D eigenvalue weighted by Crippen LogP contribution is 2.18. The molecule has 4 rings (SSSR count). The zero-order valence-corrected chi connectivity index (χ0v) is 15.8. The Morgan fingerprint density at radius 3 is 2.82 bits per heavy atom. The van der Waals surface area contributed by atoms with E-state index in [0.29, 0.717) is 24.5 Å². The summed E-state index contributed by atoms with van der Waals surface area (Å²) in [5.41, 5.74) is 3.47. The molecule has 0 aliphatic carbocycles. The van der Waals surface area contributed by atoms with Crippen molar-refractivity contribution < 1.29 is 9.21 Å². The lowest BCUT2D eigenvalue weighted by atomic mass is 10.2. The number of carbonyl (C=O) groups excluding carboxylic acids is 1. The van der Waals surface area contributed by atoms with Gasteiger partial charge in [0.25, 0.3) is 5.91 Å². The molecule has 0 unspecified atom stereocenters. The highest BCUT2D eigenvalue weighted by molar-refractivity contribution is 5.95. The minimum absolute atomic E-state index is 0.117. The molecular formula is C21H21N5O2. The Bertz CT molecular complexity index is 1080. The molecule has 4 heterocycles. The van der Waals surface area contributed by atoms with Gasteiger partial charge in [0.2, 0.25) is 0 Å². The van der Waals surface area contributed by atoms with Crippen LogP contribution in [0.2, 0.25) is 0 Å². The van der Waals surface area contributed by atoms with E-state index in [1.54, 1.807) is 23.3 Å². The zero-order valence-electron chi connectivity index (χ0n) is 15.8. The number of aromatic nitrogens is 4. The van der Waals surface area contributed by atoms with Crippen LogP contribution in [0.5, 0.6) is 0 Å². The minimum Gasteiger partial charge on any atom is -0.467 e. The van der Waals surface area contributed by atoms with Gasteiger partial charge < -0.3 is 14.3 Å². The van der Waals surface area contributed by atoms with E-state index in [0.717, 1.165) is 22.7 Å². The van der Waals surface area contributed by atoms with Gasteiger partial charge in [-0.05, 0) is 44.2 Å². The van der Waals surface area contributed by atoms with Crippen LogP contribution in [0.25, 0.3) is 5.82 Å². The number of furan rings is 1. The van der Waals surface area contributed by atoms with Gasteiger partial charge in [-0.2, -0.15) is 5.10 Å². The summed E-state index contributed by atoms with van der Waals surface area (Å²) in [6.45, 7) is 4.90. The van der Waals surface area contributed by atoms with Crippen molar-refractivity contribution in [2.24, 2.45) is 0 Å². The quantitative estimate of drug-likeness (QED) is 0.561. The van der Waals surface area contributed by atoms with Gasteiger partial charge in [-0.15, -0.1) is 0 Å². The summed E-state index contributed by atoms with van der Waals surface area (Å²) in [6, 6.07) is 11.3. The molecule has 0 spiro atoms. The van der Waals surface area contributed by atoms with Crippen molar-refractivity contribution in [3.63, 3.8) is 0 Å². The van der Waals surface area contributed by atoms with Gasteiger partial charge >= 0.3 is 0 Å². The first-order valence-electron chi connectivity index (χ1n) is 9.04. The van der Waals surface area contributed by atoms with Crippen LogP contribution in [-0.4, -0.2) is 25.2 Å². The van der Waals surface area contributed by atoms with Crippen molar-refractivity contribution in [1.29, 1.82) is 0 Å². The van der Waals surface area contributed by atoms with Crippen LogP contribution in [-0.2, 0) is 13.1 Å². The molecule has 142 valence electrons. The molecule has 0 aliphatic rings. The van der Waals surface area contributed by atoms with Crippen molar-refractivity contribution in [2.75, 3.05) is 0 Å². The standard InChI is InChI=1S/C21H21N5O2/c1-15-12-19(16(2)25(15)14-18-7-4-11-28-18)21(27)23-13-17-6-3-8-22-20(17)26-10-5-9-24-26/h3-12H,13-14H2,1-2H3,(H,23,27). The molecule has 28 heavy (non-hydrogen) atoms. The summed E-state index contributed by atoms with van der Waals surface area (Å²) < 4.78 is 9.20. The first-order chi connectivity index (χ1) is 13.6. The Kier molecular flexibility index (Phi) is 4.80. The Balaban J connectivity index is 1.51. The van der Waals surface area contributed by atoms with Gasteiger partial charge in [-0.3, -0.25) is 4.79 Å². The SMILES string of the molecule is Cc1cc(C(=O)NCc2cccnc2-n2cccn2)c(C)n1Cc1ccco1. The van der Waals surface area contributed by atoms with E-state index < -0.39 is 0 Å². The lowest BCUT2D eigenvalue weighted by molar-refractivity contribution is 0.0950. The van der Waals surface area contributed by atoms with Crippen LogP contribution in [0.1, 0.15) is 33.1 Å². The van der Waals surface area contributed by atoms with E-state index in [1.165, 1.54) is 0 Å². The third-order valence-electron chi connectivity index (χ3n) is 4.74. The number of hydrogen-bond acceptors (Lipinski definition) is 4. The lowest BCUT2D eigenvalue weighted by Gasteiger charge is -2.10. The maximum Gasteiger partial charge on any atom is 0.253 e. The highest BCUT2D eigenvalue weighted by Gasteiger charge is 2.17. The normalized spacial score (nSPS) is 10.9. The van der Waals surface area contributed by atoms with Crippen LogP contribution >= 0.6 is 0 Å². The molecule has 0 saturated heterocycles. The molecule has 0 aliphatic heterocycles. The molecule has 0 atom stereocenters.